The Morgan fingerprint density at radius 2 is 1.96 bits per heavy atom. The number of amides is 1. The molecule has 1 heterocycles. The number of rotatable bonds is 5. The van der Waals surface area contributed by atoms with Gasteiger partial charge >= 0.3 is 0 Å². The van der Waals surface area contributed by atoms with E-state index >= 15 is 0 Å². The number of carbonyl (C=O) groups excluding carboxylic acids is 1. The van der Waals surface area contributed by atoms with Gasteiger partial charge < -0.3 is 14.4 Å². The number of likely N-dealkylation sites (N-methyl/N-ethyl adjacent to an activating group) is 1. The van der Waals surface area contributed by atoms with Crippen LogP contribution in [0.15, 0.2) is 36.4 Å². The van der Waals surface area contributed by atoms with Gasteiger partial charge in [0.2, 0.25) is 5.91 Å². The van der Waals surface area contributed by atoms with Crippen molar-refractivity contribution in [3.05, 3.63) is 42.0 Å². The smallest absolute Gasteiger partial charge is 0.236 e. The number of methoxy groups -OCH3 is 1. The predicted molar refractivity (Wildman–Crippen MR) is 103 cm³/mol. The Morgan fingerprint density at radius 3 is 2.69 bits per heavy atom. The molecule has 0 N–H and O–H groups in total. The molecule has 26 heavy (non-hydrogen) atoms. The third kappa shape index (κ3) is 4.54. The molecule has 0 bridgehead atoms. The molecule has 0 radical (unpaired) electrons. The Bertz CT molecular complexity index is 788. The molecule has 3 rings (SSSR count). The van der Waals surface area contributed by atoms with Crippen LogP contribution in [-0.2, 0) is 16.1 Å². The third-order valence-corrected chi connectivity index (χ3v) is 4.82. The molecule has 0 spiro atoms. The minimum absolute atomic E-state index is 0.137. The van der Waals surface area contributed by atoms with Gasteiger partial charge in [-0.15, -0.1) is 0 Å². The van der Waals surface area contributed by atoms with E-state index in [1.54, 1.807) is 12.0 Å². The first-order valence-corrected chi connectivity index (χ1v) is 9.03. The van der Waals surface area contributed by atoms with Crippen LogP contribution in [0.2, 0.25) is 0 Å². The summed E-state index contributed by atoms with van der Waals surface area (Å²) >= 11 is 0. The van der Waals surface area contributed by atoms with E-state index in [1.807, 2.05) is 19.2 Å². The quantitative estimate of drug-likeness (QED) is 0.826. The fourth-order valence-corrected chi connectivity index (χ4v) is 3.42. The number of ether oxygens (including phenoxy) is 2. The van der Waals surface area contributed by atoms with Gasteiger partial charge in [-0.2, -0.15) is 0 Å². The molecular weight excluding hydrogens is 328 g/mol. The first-order chi connectivity index (χ1) is 12.4. The van der Waals surface area contributed by atoms with E-state index in [-0.39, 0.29) is 11.5 Å². The topological polar surface area (TPSA) is 42.0 Å². The third-order valence-electron chi connectivity index (χ3n) is 4.82. The number of carbonyl (C=O) groups is 1. The van der Waals surface area contributed by atoms with Crippen LogP contribution >= 0.6 is 0 Å². The highest BCUT2D eigenvalue weighted by molar-refractivity contribution is 5.84. The molecule has 5 nitrogen and oxygen atoms in total. The minimum Gasteiger partial charge on any atom is -0.497 e. The van der Waals surface area contributed by atoms with Gasteiger partial charge in [0.1, 0.15) is 5.75 Å². The lowest BCUT2D eigenvalue weighted by molar-refractivity contribution is -0.136. The second kappa shape index (κ2) is 7.64. The summed E-state index contributed by atoms with van der Waals surface area (Å²) in [6, 6.07) is 12.3. The number of morpholine rings is 1. The highest BCUT2D eigenvalue weighted by atomic mass is 16.5. The number of benzene rings is 2. The van der Waals surface area contributed by atoms with Crippen LogP contribution in [0.3, 0.4) is 0 Å². The summed E-state index contributed by atoms with van der Waals surface area (Å²) in [5.41, 5.74) is 0.942. The van der Waals surface area contributed by atoms with Gasteiger partial charge in [-0.25, -0.2) is 0 Å². The first-order valence-electron chi connectivity index (χ1n) is 9.03. The van der Waals surface area contributed by atoms with Crippen molar-refractivity contribution < 1.29 is 14.3 Å². The largest absolute Gasteiger partial charge is 0.497 e. The fraction of sp³-hybridized carbons (Fsp3) is 0.476. The monoisotopic (exact) mass is 356 g/mol. The van der Waals surface area contributed by atoms with Crippen molar-refractivity contribution in [3.63, 3.8) is 0 Å². The van der Waals surface area contributed by atoms with E-state index in [1.165, 1.54) is 0 Å². The lowest BCUT2D eigenvalue weighted by Gasteiger charge is -2.38. The van der Waals surface area contributed by atoms with Gasteiger partial charge in [0.25, 0.3) is 0 Å². The van der Waals surface area contributed by atoms with Crippen molar-refractivity contribution in [2.24, 2.45) is 0 Å². The Labute approximate surface area is 155 Å². The van der Waals surface area contributed by atoms with Gasteiger partial charge in [0, 0.05) is 26.7 Å². The fourth-order valence-electron chi connectivity index (χ4n) is 3.42. The Hall–Kier alpha value is -2.11. The molecule has 1 fully saturated rings. The molecule has 1 aliphatic rings. The maximum atomic E-state index is 12.6. The number of hydrogen-bond donors (Lipinski definition) is 0. The summed E-state index contributed by atoms with van der Waals surface area (Å²) in [6.07, 6.45) is 0. The van der Waals surface area contributed by atoms with Crippen molar-refractivity contribution in [3.8, 4) is 5.75 Å². The summed E-state index contributed by atoms with van der Waals surface area (Å²) in [5, 5.41) is 2.29. The normalized spacial score (nSPS) is 17.2. The van der Waals surface area contributed by atoms with E-state index in [0.717, 1.165) is 35.2 Å². The molecule has 0 saturated carbocycles. The highest BCUT2D eigenvalue weighted by Gasteiger charge is 2.28. The molecule has 0 atom stereocenters. The van der Waals surface area contributed by atoms with Crippen molar-refractivity contribution in [1.29, 1.82) is 0 Å². The van der Waals surface area contributed by atoms with Crippen LogP contribution in [0.5, 0.6) is 5.75 Å². The van der Waals surface area contributed by atoms with Crippen LogP contribution in [0, 0.1) is 0 Å². The van der Waals surface area contributed by atoms with Gasteiger partial charge in [0.05, 0.1) is 25.9 Å². The van der Waals surface area contributed by atoms with E-state index in [9.17, 15) is 4.79 Å². The summed E-state index contributed by atoms with van der Waals surface area (Å²) in [6.45, 7) is 7.45. The average Bonchev–Trinajstić information content (AvgIpc) is 2.60. The Kier molecular flexibility index (Phi) is 5.49. The van der Waals surface area contributed by atoms with Crippen molar-refractivity contribution >= 4 is 16.7 Å². The molecule has 0 unspecified atom stereocenters. The molecule has 1 saturated heterocycles. The van der Waals surface area contributed by atoms with Gasteiger partial charge in [-0.1, -0.05) is 18.2 Å². The summed E-state index contributed by atoms with van der Waals surface area (Å²) < 4.78 is 11.0. The van der Waals surface area contributed by atoms with E-state index in [2.05, 4.69) is 43.0 Å². The first kappa shape index (κ1) is 18.7. The molecule has 2 aromatic rings. The predicted octanol–water partition coefficient (Wildman–Crippen LogP) is 2.92. The van der Waals surface area contributed by atoms with Gasteiger partial charge in [-0.05, 0) is 48.4 Å². The van der Waals surface area contributed by atoms with Crippen molar-refractivity contribution in [2.45, 2.75) is 26.0 Å². The molecule has 2 aromatic carbocycles. The number of nitrogens with zero attached hydrogens (tertiary/aromatic N) is 2. The molecule has 1 aliphatic heterocycles. The van der Waals surface area contributed by atoms with Crippen LogP contribution in [0.25, 0.3) is 10.8 Å². The Balaban J connectivity index is 1.62. The maximum Gasteiger partial charge on any atom is 0.236 e. The summed E-state index contributed by atoms with van der Waals surface area (Å²) in [5.74, 6) is 0.989. The van der Waals surface area contributed by atoms with Crippen molar-refractivity contribution in [1.82, 2.24) is 9.80 Å². The average molecular weight is 356 g/mol. The second-order valence-electron chi connectivity index (χ2n) is 7.62. The van der Waals surface area contributed by atoms with Crippen LogP contribution < -0.4 is 4.74 Å². The van der Waals surface area contributed by atoms with Crippen LogP contribution in [0.4, 0.5) is 0 Å². The molecule has 5 heteroatoms. The van der Waals surface area contributed by atoms with Crippen LogP contribution in [0.1, 0.15) is 19.4 Å². The molecule has 140 valence electrons. The highest BCUT2D eigenvalue weighted by Crippen LogP contribution is 2.22. The minimum atomic E-state index is -0.184. The lowest BCUT2D eigenvalue weighted by Crippen LogP contribution is -2.51. The zero-order valence-corrected chi connectivity index (χ0v) is 16.1. The second-order valence-corrected chi connectivity index (χ2v) is 7.62. The molecule has 0 aromatic heterocycles. The molecular formula is C21H28N2O3. The number of hydrogen-bond acceptors (Lipinski definition) is 4. The number of fused-ring (bicyclic) bond motifs is 1. The standard InChI is InChI=1S/C21H28N2O3/c1-21(2)15-23(9-10-26-21)14-20(24)22(3)13-16-5-6-18-12-19(25-4)8-7-17(18)11-16/h5-8,11-12H,9-10,13-15H2,1-4H3. The SMILES string of the molecule is COc1ccc2cc(CN(C)C(=O)CN3CCOC(C)(C)C3)ccc2c1. The van der Waals surface area contributed by atoms with E-state index in [4.69, 9.17) is 9.47 Å². The van der Waals surface area contributed by atoms with Crippen molar-refractivity contribution in [2.75, 3.05) is 40.4 Å². The lowest BCUT2D eigenvalue weighted by atomic mass is 10.1. The zero-order chi connectivity index (χ0) is 18.7. The molecule has 1 amide bonds. The van der Waals surface area contributed by atoms with Gasteiger partial charge in [0.15, 0.2) is 0 Å². The maximum absolute atomic E-state index is 12.6. The van der Waals surface area contributed by atoms with Gasteiger partial charge in [-0.3, -0.25) is 9.69 Å². The summed E-state index contributed by atoms with van der Waals surface area (Å²) in [7, 11) is 3.54. The zero-order valence-electron chi connectivity index (χ0n) is 16.1. The summed E-state index contributed by atoms with van der Waals surface area (Å²) in [4.78, 5) is 16.6. The van der Waals surface area contributed by atoms with Crippen LogP contribution in [-0.4, -0.2) is 61.7 Å². The van der Waals surface area contributed by atoms with E-state index < -0.39 is 0 Å². The van der Waals surface area contributed by atoms with E-state index in [0.29, 0.717) is 19.7 Å². The molecule has 0 aliphatic carbocycles. The Morgan fingerprint density at radius 1 is 1.23 bits per heavy atom.